The zero-order chi connectivity index (χ0) is 21.4. The summed E-state index contributed by atoms with van der Waals surface area (Å²) in [7, 11) is 3.87. The van der Waals surface area contributed by atoms with Crippen LogP contribution in [0.5, 0.6) is 0 Å². The van der Waals surface area contributed by atoms with Crippen LogP contribution in [0.3, 0.4) is 0 Å². The number of hydrogen-bond acceptors (Lipinski definition) is 4. The zero-order valence-electron chi connectivity index (χ0n) is 18.4. The Hall–Kier alpha value is -2.79. The molecule has 5 heteroatoms. The number of fused-ring (bicyclic) bond motifs is 1. The van der Waals surface area contributed by atoms with Crippen molar-refractivity contribution in [1.82, 2.24) is 4.57 Å². The van der Waals surface area contributed by atoms with Gasteiger partial charge in [-0.15, -0.1) is 0 Å². The van der Waals surface area contributed by atoms with Crippen LogP contribution in [-0.2, 0) is 13.6 Å². The van der Waals surface area contributed by atoms with Gasteiger partial charge in [-0.2, -0.15) is 0 Å². The molecule has 1 aromatic heterocycles. The molecule has 1 aliphatic rings. The molecule has 0 saturated carbocycles. The molecule has 2 aromatic carbocycles. The molecule has 0 unspecified atom stereocenters. The van der Waals surface area contributed by atoms with Crippen molar-refractivity contribution in [2.75, 3.05) is 29.9 Å². The quantitative estimate of drug-likeness (QED) is 0.718. The van der Waals surface area contributed by atoms with Crippen molar-refractivity contribution < 1.29 is 5.11 Å². The summed E-state index contributed by atoms with van der Waals surface area (Å²) in [5.41, 5.74) is 6.46. The molecular formula is C25H31N3O2. The number of nitrogens with zero attached hydrogens (tertiary/aromatic N) is 3. The van der Waals surface area contributed by atoms with Crippen molar-refractivity contribution in [3.63, 3.8) is 0 Å². The van der Waals surface area contributed by atoms with Gasteiger partial charge in [-0.05, 0) is 85.7 Å². The standard InChI is InChI=1S/C25H31N3O2/c1-17-12-19-14-20(25(30)27(4)24(19)13-18(17)2)15-26(3)21-7-9-22(10-8-21)28-11-5-6-23(29)16-28/h7-10,12-14,23,29H,5-6,11,15-16H2,1-4H3/t23-/m1/s1. The van der Waals surface area contributed by atoms with E-state index in [-0.39, 0.29) is 11.7 Å². The molecule has 1 N–H and O–H groups in total. The fourth-order valence-electron chi connectivity index (χ4n) is 4.37. The maximum Gasteiger partial charge on any atom is 0.255 e. The van der Waals surface area contributed by atoms with Crippen LogP contribution in [0.25, 0.3) is 10.9 Å². The molecule has 158 valence electrons. The van der Waals surface area contributed by atoms with Gasteiger partial charge in [0, 0.05) is 50.7 Å². The Morgan fingerprint density at radius 2 is 1.80 bits per heavy atom. The SMILES string of the molecule is Cc1cc2cc(CN(C)c3ccc(N4CCC[C@@H](O)C4)cc3)c(=O)n(C)c2cc1C. The molecule has 1 aliphatic heterocycles. The van der Waals surface area contributed by atoms with Crippen LogP contribution in [0.4, 0.5) is 11.4 Å². The summed E-state index contributed by atoms with van der Waals surface area (Å²) in [6.45, 7) is 6.42. The van der Waals surface area contributed by atoms with Crippen molar-refractivity contribution in [1.29, 1.82) is 0 Å². The minimum Gasteiger partial charge on any atom is -0.391 e. The van der Waals surface area contributed by atoms with Crippen molar-refractivity contribution in [2.45, 2.75) is 39.3 Å². The van der Waals surface area contributed by atoms with Crippen molar-refractivity contribution in [2.24, 2.45) is 7.05 Å². The molecule has 0 amide bonds. The second kappa shape index (κ2) is 8.15. The lowest BCUT2D eigenvalue weighted by atomic mass is 10.0. The molecule has 0 radical (unpaired) electrons. The third-order valence-electron chi connectivity index (χ3n) is 6.37. The number of aromatic nitrogens is 1. The van der Waals surface area contributed by atoms with Crippen molar-refractivity contribution in [3.05, 3.63) is 69.5 Å². The van der Waals surface area contributed by atoms with Crippen LogP contribution in [0.2, 0.25) is 0 Å². The molecule has 1 saturated heterocycles. The third kappa shape index (κ3) is 3.94. The summed E-state index contributed by atoms with van der Waals surface area (Å²) in [4.78, 5) is 17.3. The summed E-state index contributed by atoms with van der Waals surface area (Å²) in [5.74, 6) is 0. The van der Waals surface area contributed by atoms with E-state index in [1.807, 2.05) is 20.2 Å². The van der Waals surface area contributed by atoms with E-state index in [1.165, 1.54) is 11.1 Å². The highest BCUT2D eigenvalue weighted by Gasteiger charge is 2.18. The van der Waals surface area contributed by atoms with E-state index < -0.39 is 0 Å². The average Bonchev–Trinajstić information content (AvgIpc) is 2.73. The van der Waals surface area contributed by atoms with E-state index in [2.05, 4.69) is 60.0 Å². The number of rotatable bonds is 4. The first-order valence-electron chi connectivity index (χ1n) is 10.7. The van der Waals surface area contributed by atoms with Gasteiger partial charge in [0.05, 0.1) is 11.6 Å². The maximum absolute atomic E-state index is 12.9. The van der Waals surface area contributed by atoms with Crippen molar-refractivity contribution >= 4 is 22.3 Å². The van der Waals surface area contributed by atoms with E-state index in [0.29, 0.717) is 13.1 Å². The molecule has 0 spiro atoms. The van der Waals surface area contributed by atoms with E-state index in [9.17, 15) is 9.90 Å². The highest BCUT2D eigenvalue weighted by molar-refractivity contribution is 5.81. The molecule has 5 nitrogen and oxygen atoms in total. The van der Waals surface area contributed by atoms with Gasteiger partial charge in [0.15, 0.2) is 0 Å². The van der Waals surface area contributed by atoms with Crippen LogP contribution in [0, 0.1) is 13.8 Å². The smallest absolute Gasteiger partial charge is 0.255 e. The Bertz CT molecular complexity index is 1120. The van der Waals surface area contributed by atoms with Crippen LogP contribution in [-0.4, -0.2) is 35.9 Å². The number of aryl methyl sites for hydroxylation is 3. The second-order valence-electron chi connectivity index (χ2n) is 8.64. The lowest BCUT2D eigenvalue weighted by molar-refractivity contribution is 0.154. The molecule has 3 aromatic rings. The first-order chi connectivity index (χ1) is 14.3. The maximum atomic E-state index is 12.9. The van der Waals surface area contributed by atoms with E-state index in [0.717, 1.165) is 47.2 Å². The molecule has 1 atom stereocenters. The number of aliphatic hydroxyl groups excluding tert-OH is 1. The van der Waals surface area contributed by atoms with Gasteiger partial charge in [-0.3, -0.25) is 4.79 Å². The Morgan fingerprint density at radius 3 is 2.50 bits per heavy atom. The lowest BCUT2D eigenvalue weighted by Crippen LogP contribution is -2.38. The second-order valence-corrected chi connectivity index (χ2v) is 8.64. The number of anilines is 2. The molecule has 30 heavy (non-hydrogen) atoms. The number of benzene rings is 2. The fourth-order valence-corrected chi connectivity index (χ4v) is 4.37. The summed E-state index contributed by atoms with van der Waals surface area (Å²) in [6.07, 6.45) is 1.67. The van der Waals surface area contributed by atoms with Gasteiger partial charge >= 0.3 is 0 Å². The number of hydrogen-bond donors (Lipinski definition) is 1. The van der Waals surface area contributed by atoms with Gasteiger partial charge in [0.2, 0.25) is 0 Å². The minimum absolute atomic E-state index is 0.0523. The van der Waals surface area contributed by atoms with E-state index in [1.54, 1.807) is 4.57 Å². The number of aliphatic hydroxyl groups is 1. The van der Waals surface area contributed by atoms with Crippen LogP contribution >= 0.6 is 0 Å². The van der Waals surface area contributed by atoms with Gasteiger partial charge in [0.1, 0.15) is 0 Å². The van der Waals surface area contributed by atoms with E-state index in [4.69, 9.17) is 0 Å². The molecule has 4 rings (SSSR count). The summed E-state index contributed by atoms with van der Waals surface area (Å²) >= 11 is 0. The summed E-state index contributed by atoms with van der Waals surface area (Å²) in [5, 5.41) is 11.0. The normalized spacial score (nSPS) is 16.8. The van der Waals surface area contributed by atoms with Crippen LogP contribution in [0.15, 0.2) is 47.3 Å². The lowest BCUT2D eigenvalue weighted by Gasteiger charge is -2.32. The zero-order valence-corrected chi connectivity index (χ0v) is 18.4. The van der Waals surface area contributed by atoms with Gasteiger partial charge < -0.3 is 19.5 Å². The molecule has 0 bridgehead atoms. The van der Waals surface area contributed by atoms with Gasteiger partial charge in [0.25, 0.3) is 5.56 Å². The fraction of sp³-hybridized carbons (Fsp3) is 0.400. The Balaban J connectivity index is 1.57. The van der Waals surface area contributed by atoms with E-state index >= 15 is 0 Å². The number of piperidine rings is 1. The highest BCUT2D eigenvalue weighted by Crippen LogP contribution is 2.25. The molecule has 2 heterocycles. The molecule has 1 fully saturated rings. The highest BCUT2D eigenvalue weighted by atomic mass is 16.3. The summed E-state index contributed by atoms with van der Waals surface area (Å²) in [6, 6.07) is 14.7. The first kappa shape index (κ1) is 20.5. The molecule has 0 aliphatic carbocycles. The molecular weight excluding hydrogens is 374 g/mol. The third-order valence-corrected chi connectivity index (χ3v) is 6.37. The van der Waals surface area contributed by atoms with Crippen LogP contribution < -0.4 is 15.4 Å². The first-order valence-corrected chi connectivity index (χ1v) is 10.7. The predicted octanol–water partition coefficient (Wildman–Crippen LogP) is 3.75. The van der Waals surface area contributed by atoms with Gasteiger partial charge in [-0.25, -0.2) is 0 Å². The Labute approximate surface area is 178 Å². The largest absolute Gasteiger partial charge is 0.391 e. The average molecular weight is 406 g/mol. The van der Waals surface area contributed by atoms with Crippen LogP contribution in [0.1, 0.15) is 29.5 Å². The van der Waals surface area contributed by atoms with Crippen molar-refractivity contribution in [3.8, 4) is 0 Å². The predicted molar refractivity (Wildman–Crippen MR) is 125 cm³/mol. The topological polar surface area (TPSA) is 48.7 Å². The number of β-amino-alcohol motifs (C(OH)–C–C–N with tert-alkyl or cyclic N) is 1. The summed E-state index contributed by atoms with van der Waals surface area (Å²) < 4.78 is 1.76. The minimum atomic E-state index is -0.238. The Kier molecular flexibility index (Phi) is 5.56. The van der Waals surface area contributed by atoms with Gasteiger partial charge in [-0.1, -0.05) is 0 Å². The monoisotopic (exact) mass is 405 g/mol. The Morgan fingerprint density at radius 1 is 1.10 bits per heavy atom. The number of pyridine rings is 1.